The summed E-state index contributed by atoms with van der Waals surface area (Å²) in [6.45, 7) is 0. The highest BCUT2D eigenvalue weighted by atomic mass is 19.4. The molecule has 0 aromatic carbocycles. The second-order valence-electron chi connectivity index (χ2n) is 2.26. The Hall–Kier alpha value is -0.560. The number of rotatable bonds is 2. The summed E-state index contributed by atoms with van der Waals surface area (Å²) < 4.78 is 91.8. The Bertz CT molecular complexity index is 139. The van der Waals surface area contributed by atoms with Crippen molar-refractivity contribution in [3.8, 4) is 0 Å². The molecular weight excluding hydrogens is 212 g/mol. The van der Waals surface area contributed by atoms with Gasteiger partial charge < -0.3 is 0 Å². The van der Waals surface area contributed by atoms with Gasteiger partial charge in [-0.1, -0.05) is 0 Å². The van der Waals surface area contributed by atoms with Crippen LogP contribution in [0.5, 0.6) is 0 Å². The summed E-state index contributed by atoms with van der Waals surface area (Å²) in [7, 11) is 0. The zero-order chi connectivity index (χ0) is 10.9. The lowest BCUT2D eigenvalue weighted by Gasteiger charge is -2.22. The molecule has 0 aliphatic carbocycles. The van der Waals surface area contributed by atoms with Crippen LogP contribution in [0.25, 0.3) is 0 Å². The van der Waals surface area contributed by atoms with Crippen LogP contribution >= 0.6 is 0 Å². The standard InChI is InChI=1S/C5H4F8/c6-3(7)1-2(4(8,9)10)5(11,12)13/h2-3H,1H2. The Kier molecular flexibility index (Phi) is 3.51. The van der Waals surface area contributed by atoms with Gasteiger partial charge in [-0.05, 0) is 0 Å². The monoisotopic (exact) mass is 216 g/mol. The Morgan fingerprint density at radius 2 is 1.08 bits per heavy atom. The fourth-order valence-corrected chi connectivity index (χ4v) is 0.631. The predicted molar refractivity (Wildman–Crippen MR) is 26.2 cm³/mol. The molecule has 0 heterocycles. The fourth-order valence-electron chi connectivity index (χ4n) is 0.631. The molecule has 0 nitrogen and oxygen atoms in total. The van der Waals surface area contributed by atoms with Crippen molar-refractivity contribution in [2.75, 3.05) is 0 Å². The Balaban J connectivity index is 4.58. The van der Waals surface area contributed by atoms with Crippen molar-refractivity contribution in [3.63, 3.8) is 0 Å². The van der Waals surface area contributed by atoms with Gasteiger partial charge in [0.05, 0.1) is 0 Å². The summed E-state index contributed by atoms with van der Waals surface area (Å²) in [4.78, 5) is 0. The molecular formula is C5H4F8. The third-order valence-corrected chi connectivity index (χ3v) is 1.20. The molecule has 0 radical (unpaired) electrons. The molecule has 0 amide bonds. The topological polar surface area (TPSA) is 0 Å². The van der Waals surface area contributed by atoms with Crippen molar-refractivity contribution in [1.82, 2.24) is 0 Å². The quantitative estimate of drug-likeness (QED) is 0.620. The van der Waals surface area contributed by atoms with Gasteiger partial charge in [-0.2, -0.15) is 26.3 Å². The Morgan fingerprint density at radius 1 is 0.769 bits per heavy atom. The minimum absolute atomic E-state index is 2.24. The van der Waals surface area contributed by atoms with Crippen LogP contribution in [0, 0.1) is 5.92 Å². The van der Waals surface area contributed by atoms with Crippen LogP contribution in [0.1, 0.15) is 6.42 Å². The second kappa shape index (κ2) is 3.67. The molecule has 0 aliphatic heterocycles. The summed E-state index contributed by atoms with van der Waals surface area (Å²) in [5.74, 6) is -3.94. The highest BCUT2D eigenvalue weighted by Crippen LogP contribution is 2.42. The maximum Gasteiger partial charge on any atom is 0.400 e. The van der Waals surface area contributed by atoms with E-state index in [1.165, 1.54) is 0 Å². The molecule has 0 aliphatic rings. The van der Waals surface area contributed by atoms with E-state index in [1.807, 2.05) is 0 Å². The molecule has 0 rings (SSSR count). The number of hydrogen-bond donors (Lipinski definition) is 0. The van der Waals surface area contributed by atoms with Gasteiger partial charge in [-0.15, -0.1) is 0 Å². The second-order valence-corrected chi connectivity index (χ2v) is 2.26. The smallest absolute Gasteiger partial charge is 0.211 e. The van der Waals surface area contributed by atoms with E-state index in [4.69, 9.17) is 0 Å². The van der Waals surface area contributed by atoms with E-state index in [9.17, 15) is 35.1 Å². The molecule has 0 bridgehead atoms. The molecule has 0 aromatic heterocycles. The summed E-state index contributed by atoms with van der Waals surface area (Å²) in [5.41, 5.74) is 0. The molecule has 0 N–H and O–H groups in total. The minimum atomic E-state index is -5.67. The molecule has 0 fully saturated rings. The lowest BCUT2D eigenvalue weighted by atomic mass is 10.1. The van der Waals surface area contributed by atoms with Crippen LogP contribution in [0.3, 0.4) is 0 Å². The SMILES string of the molecule is FC(F)CC(C(F)(F)F)C(F)(F)F. The van der Waals surface area contributed by atoms with Crippen LogP contribution in [-0.2, 0) is 0 Å². The van der Waals surface area contributed by atoms with E-state index < -0.39 is 31.1 Å². The van der Waals surface area contributed by atoms with Crippen molar-refractivity contribution in [1.29, 1.82) is 0 Å². The van der Waals surface area contributed by atoms with Gasteiger partial charge in [0.15, 0.2) is 5.92 Å². The number of halogens is 8. The van der Waals surface area contributed by atoms with Crippen LogP contribution in [0.15, 0.2) is 0 Å². The first-order valence-electron chi connectivity index (χ1n) is 2.96. The van der Waals surface area contributed by atoms with Gasteiger partial charge in [0.1, 0.15) is 0 Å². The average Bonchev–Trinajstić information content (AvgIpc) is 1.77. The van der Waals surface area contributed by atoms with E-state index in [1.54, 1.807) is 0 Å². The van der Waals surface area contributed by atoms with E-state index >= 15 is 0 Å². The van der Waals surface area contributed by atoms with E-state index in [0.717, 1.165) is 0 Å². The molecule has 0 atom stereocenters. The molecule has 0 spiro atoms. The van der Waals surface area contributed by atoms with Crippen molar-refractivity contribution in [2.24, 2.45) is 5.92 Å². The molecule has 0 saturated heterocycles. The lowest BCUT2D eigenvalue weighted by Crippen LogP contribution is -2.37. The largest absolute Gasteiger partial charge is 0.400 e. The van der Waals surface area contributed by atoms with Gasteiger partial charge >= 0.3 is 12.4 Å². The van der Waals surface area contributed by atoms with Crippen LogP contribution < -0.4 is 0 Å². The average molecular weight is 216 g/mol. The van der Waals surface area contributed by atoms with E-state index in [-0.39, 0.29) is 0 Å². The molecule has 0 unspecified atom stereocenters. The fraction of sp³-hybridized carbons (Fsp3) is 1.00. The van der Waals surface area contributed by atoms with Gasteiger partial charge in [0, 0.05) is 6.42 Å². The summed E-state index contributed by atoms with van der Waals surface area (Å²) >= 11 is 0. The van der Waals surface area contributed by atoms with Crippen LogP contribution in [0.4, 0.5) is 35.1 Å². The van der Waals surface area contributed by atoms with Gasteiger partial charge in [0.25, 0.3) is 0 Å². The van der Waals surface area contributed by atoms with Gasteiger partial charge in [-0.25, -0.2) is 8.78 Å². The first-order valence-corrected chi connectivity index (χ1v) is 2.96. The van der Waals surface area contributed by atoms with E-state index in [0.29, 0.717) is 0 Å². The number of alkyl halides is 8. The molecule has 0 aromatic rings. The summed E-state index contributed by atoms with van der Waals surface area (Å²) in [6, 6.07) is 0. The van der Waals surface area contributed by atoms with Gasteiger partial charge in [0.2, 0.25) is 6.43 Å². The summed E-state index contributed by atoms with van der Waals surface area (Å²) in [5, 5.41) is 0. The van der Waals surface area contributed by atoms with E-state index in [2.05, 4.69) is 0 Å². The van der Waals surface area contributed by atoms with Crippen molar-refractivity contribution in [3.05, 3.63) is 0 Å². The van der Waals surface area contributed by atoms with Crippen LogP contribution in [0.2, 0.25) is 0 Å². The van der Waals surface area contributed by atoms with Crippen molar-refractivity contribution >= 4 is 0 Å². The number of hydrogen-bond acceptors (Lipinski definition) is 0. The Morgan fingerprint density at radius 3 is 1.15 bits per heavy atom. The highest BCUT2D eigenvalue weighted by molar-refractivity contribution is 4.75. The lowest BCUT2D eigenvalue weighted by molar-refractivity contribution is -0.291. The highest BCUT2D eigenvalue weighted by Gasteiger charge is 2.57. The Labute approximate surface area is 67.5 Å². The zero-order valence-electron chi connectivity index (χ0n) is 5.89. The van der Waals surface area contributed by atoms with Crippen LogP contribution in [-0.4, -0.2) is 18.8 Å². The predicted octanol–water partition coefficient (Wildman–Crippen LogP) is 3.38. The molecule has 13 heavy (non-hydrogen) atoms. The first-order chi connectivity index (χ1) is 5.55. The van der Waals surface area contributed by atoms with Crippen molar-refractivity contribution < 1.29 is 35.1 Å². The maximum absolute atomic E-state index is 11.5. The third-order valence-electron chi connectivity index (χ3n) is 1.20. The normalized spacial score (nSPS) is 14.3. The third kappa shape index (κ3) is 4.28. The zero-order valence-corrected chi connectivity index (χ0v) is 5.89. The van der Waals surface area contributed by atoms with Crippen molar-refractivity contribution in [2.45, 2.75) is 25.2 Å². The summed E-state index contributed by atoms with van der Waals surface area (Å²) in [6.07, 6.45) is -17.2. The molecule has 80 valence electrons. The molecule has 8 heteroatoms. The molecule has 0 saturated carbocycles. The minimum Gasteiger partial charge on any atom is -0.211 e. The van der Waals surface area contributed by atoms with Gasteiger partial charge in [-0.3, -0.25) is 0 Å². The first kappa shape index (κ1) is 12.4. The maximum atomic E-state index is 11.5.